The van der Waals surface area contributed by atoms with E-state index < -0.39 is 11.6 Å². The van der Waals surface area contributed by atoms with Crippen molar-refractivity contribution in [3.63, 3.8) is 0 Å². The maximum Gasteiger partial charge on any atom is 0.421 e. The van der Waals surface area contributed by atoms with Crippen LogP contribution in [0.25, 0.3) is 0 Å². The molecule has 1 aliphatic rings. The molecule has 7 heteroatoms. The number of pyridine rings is 1. The number of anilines is 2. The maximum atomic E-state index is 12.3. The van der Waals surface area contributed by atoms with Crippen molar-refractivity contribution in [2.24, 2.45) is 0 Å². The molecule has 1 aliphatic heterocycles. The van der Waals surface area contributed by atoms with Gasteiger partial charge in [0, 0.05) is 6.07 Å². The zero-order valence-electron chi connectivity index (χ0n) is 12.4. The fraction of sp³-hybridized carbons (Fsp3) is 0.357. The van der Waals surface area contributed by atoms with E-state index in [1.54, 1.807) is 32.9 Å². The van der Waals surface area contributed by atoms with Gasteiger partial charge >= 0.3 is 6.09 Å². The monoisotopic (exact) mass is 291 g/mol. The van der Waals surface area contributed by atoms with Crippen molar-refractivity contribution in [3.05, 3.63) is 24.5 Å². The minimum Gasteiger partial charge on any atom is -0.481 e. The van der Waals surface area contributed by atoms with Crippen molar-refractivity contribution in [1.82, 2.24) is 4.98 Å². The van der Waals surface area contributed by atoms with E-state index in [0.717, 1.165) is 0 Å². The summed E-state index contributed by atoms with van der Waals surface area (Å²) in [7, 11) is 1.47. The van der Waals surface area contributed by atoms with Gasteiger partial charge in [-0.2, -0.15) is 4.98 Å². The number of hydrogen-bond acceptors (Lipinski definition) is 5. The highest BCUT2D eigenvalue weighted by Crippen LogP contribution is 2.37. The van der Waals surface area contributed by atoms with Gasteiger partial charge in [0.15, 0.2) is 5.82 Å². The summed E-state index contributed by atoms with van der Waals surface area (Å²) in [5.41, 5.74) is -0.738. The van der Waals surface area contributed by atoms with Crippen LogP contribution >= 0.6 is 0 Å². The molecular weight excluding hydrogens is 274 g/mol. The number of rotatable bonds is 2. The van der Waals surface area contributed by atoms with E-state index in [-0.39, 0.29) is 17.5 Å². The molecule has 0 fully saturated rings. The molecule has 0 unspecified atom stereocenters. The van der Waals surface area contributed by atoms with Crippen molar-refractivity contribution in [3.8, 4) is 5.88 Å². The Kier molecular flexibility index (Phi) is 3.59. The highest BCUT2D eigenvalue weighted by Gasteiger charge is 2.46. The molecule has 2 rings (SSSR count). The first-order valence-electron chi connectivity index (χ1n) is 6.31. The number of carbonyl (C=O) groups is 2. The van der Waals surface area contributed by atoms with E-state index >= 15 is 0 Å². The van der Waals surface area contributed by atoms with Crippen LogP contribution in [0.1, 0.15) is 20.8 Å². The lowest BCUT2D eigenvalue weighted by molar-refractivity contribution is -0.120. The summed E-state index contributed by atoms with van der Waals surface area (Å²) in [6.07, 6.45) is -0.718. The molecule has 112 valence electrons. The summed E-state index contributed by atoms with van der Waals surface area (Å²) in [6.45, 7) is 8.29. The van der Waals surface area contributed by atoms with Gasteiger partial charge in [0.1, 0.15) is 5.54 Å². The summed E-state index contributed by atoms with van der Waals surface area (Å²) < 4.78 is 10.1. The van der Waals surface area contributed by atoms with Crippen LogP contribution in [-0.4, -0.2) is 29.6 Å². The van der Waals surface area contributed by atoms with Gasteiger partial charge in [-0.1, -0.05) is 6.58 Å². The van der Waals surface area contributed by atoms with Crippen LogP contribution in [0.2, 0.25) is 0 Å². The Balaban J connectivity index is 2.56. The average Bonchev–Trinajstić information content (AvgIpc) is 2.38. The van der Waals surface area contributed by atoms with Crippen LogP contribution in [0.15, 0.2) is 24.5 Å². The van der Waals surface area contributed by atoms with Crippen LogP contribution in [0.3, 0.4) is 0 Å². The Labute approximate surface area is 122 Å². The maximum absolute atomic E-state index is 12.3. The van der Waals surface area contributed by atoms with Gasteiger partial charge in [0.25, 0.3) is 0 Å². The third-order valence-electron chi connectivity index (χ3n) is 3.08. The van der Waals surface area contributed by atoms with E-state index in [9.17, 15) is 9.59 Å². The van der Waals surface area contributed by atoms with E-state index in [1.165, 1.54) is 12.0 Å². The molecule has 1 aromatic heterocycles. The van der Waals surface area contributed by atoms with E-state index in [2.05, 4.69) is 16.9 Å². The van der Waals surface area contributed by atoms with Crippen molar-refractivity contribution < 1.29 is 19.1 Å². The standard InChI is InChI=1S/C14H17N3O4/c1-8(2)21-13(19)17-11-9(6-7-10(16-11)20-5)15-12(18)14(17,3)4/h6-7H,1H2,2-5H3,(H,15,18). The van der Waals surface area contributed by atoms with Gasteiger partial charge in [0.05, 0.1) is 18.6 Å². The summed E-state index contributed by atoms with van der Waals surface area (Å²) in [6, 6.07) is 3.22. The molecule has 0 aromatic carbocycles. The minimum absolute atomic E-state index is 0.228. The Morgan fingerprint density at radius 3 is 2.67 bits per heavy atom. The van der Waals surface area contributed by atoms with Crippen molar-refractivity contribution in [1.29, 1.82) is 0 Å². The first-order chi connectivity index (χ1) is 9.77. The van der Waals surface area contributed by atoms with Crippen LogP contribution in [0, 0.1) is 0 Å². The normalized spacial score (nSPS) is 15.8. The lowest BCUT2D eigenvalue weighted by atomic mass is 9.99. The molecule has 2 amide bonds. The predicted octanol–water partition coefficient (Wildman–Crippen LogP) is 2.30. The smallest absolute Gasteiger partial charge is 0.421 e. The molecule has 0 atom stereocenters. The predicted molar refractivity (Wildman–Crippen MR) is 77.3 cm³/mol. The fourth-order valence-electron chi connectivity index (χ4n) is 1.96. The Hall–Kier alpha value is -2.57. The van der Waals surface area contributed by atoms with E-state index in [1.807, 2.05) is 0 Å². The zero-order chi connectivity index (χ0) is 15.8. The summed E-state index contributed by atoms with van der Waals surface area (Å²) in [5.74, 6) is 0.492. The molecule has 2 heterocycles. The van der Waals surface area contributed by atoms with Gasteiger partial charge in [-0.05, 0) is 26.8 Å². The summed E-state index contributed by atoms with van der Waals surface area (Å²) in [5, 5.41) is 2.71. The molecule has 0 radical (unpaired) electrons. The van der Waals surface area contributed by atoms with Gasteiger partial charge in [0.2, 0.25) is 11.8 Å². The summed E-state index contributed by atoms with van der Waals surface area (Å²) >= 11 is 0. The number of methoxy groups -OCH3 is 1. The fourth-order valence-corrected chi connectivity index (χ4v) is 1.96. The first kappa shape index (κ1) is 14.8. The molecule has 21 heavy (non-hydrogen) atoms. The molecule has 0 aliphatic carbocycles. The Morgan fingerprint density at radius 1 is 1.43 bits per heavy atom. The van der Waals surface area contributed by atoms with Crippen LogP contribution in [0.4, 0.5) is 16.3 Å². The highest BCUT2D eigenvalue weighted by atomic mass is 16.6. The molecule has 0 saturated heterocycles. The van der Waals surface area contributed by atoms with Crippen LogP contribution in [-0.2, 0) is 9.53 Å². The lowest BCUT2D eigenvalue weighted by Gasteiger charge is -2.40. The highest BCUT2D eigenvalue weighted by molar-refractivity contribution is 6.12. The van der Waals surface area contributed by atoms with E-state index in [4.69, 9.17) is 9.47 Å². The number of hydrogen-bond donors (Lipinski definition) is 1. The van der Waals surface area contributed by atoms with Gasteiger partial charge in [-0.25, -0.2) is 9.69 Å². The third-order valence-corrected chi connectivity index (χ3v) is 3.08. The second kappa shape index (κ2) is 5.08. The van der Waals surface area contributed by atoms with Gasteiger partial charge in [-0.3, -0.25) is 4.79 Å². The summed E-state index contributed by atoms with van der Waals surface area (Å²) in [4.78, 5) is 29.9. The SMILES string of the molecule is C=C(C)OC(=O)N1c2nc(OC)ccc2NC(=O)C1(C)C. The molecule has 0 bridgehead atoms. The number of ether oxygens (including phenoxy) is 2. The van der Waals surface area contributed by atoms with Crippen molar-refractivity contribution in [2.45, 2.75) is 26.3 Å². The van der Waals surface area contributed by atoms with Crippen molar-refractivity contribution in [2.75, 3.05) is 17.3 Å². The number of amides is 2. The van der Waals surface area contributed by atoms with E-state index in [0.29, 0.717) is 11.6 Å². The van der Waals surface area contributed by atoms with Gasteiger partial charge < -0.3 is 14.8 Å². The number of nitrogens with one attached hydrogen (secondary N) is 1. The zero-order valence-corrected chi connectivity index (χ0v) is 12.4. The number of allylic oxidation sites excluding steroid dienone is 1. The molecule has 0 saturated carbocycles. The molecule has 7 nitrogen and oxygen atoms in total. The third kappa shape index (κ3) is 2.54. The topological polar surface area (TPSA) is 80.8 Å². The van der Waals surface area contributed by atoms with Crippen molar-refractivity contribution >= 4 is 23.5 Å². The Morgan fingerprint density at radius 2 is 2.10 bits per heavy atom. The number of nitrogens with zero attached hydrogens (tertiary/aromatic N) is 2. The number of fused-ring (bicyclic) bond motifs is 1. The molecule has 1 aromatic rings. The second-order valence-corrected chi connectivity index (χ2v) is 5.14. The molecule has 1 N–H and O–H groups in total. The number of aromatic nitrogens is 1. The molecular formula is C14H17N3O4. The second-order valence-electron chi connectivity index (χ2n) is 5.14. The minimum atomic E-state index is -1.15. The lowest BCUT2D eigenvalue weighted by Crippen LogP contribution is -2.58. The van der Waals surface area contributed by atoms with Crippen LogP contribution in [0.5, 0.6) is 5.88 Å². The number of carbonyl (C=O) groups excluding carboxylic acids is 2. The van der Waals surface area contributed by atoms with Crippen LogP contribution < -0.4 is 15.0 Å². The average molecular weight is 291 g/mol. The largest absolute Gasteiger partial charge is 0.481 e. The van der Waals surface area contributed by atoms with Gasteiger partial charge in [-0.15, -0.1) is 0 Å². The first-order valence-corrected chi connectivity index (χ1v) is 6.31. The Bertz CT molecular complexity index is 625. The molecule has 0 spiro atoms. The quantitative estimate of drug-likeness (QED) is 0.846.